The quantitative estimate of drug-likeness (QED) is 0.711. The number of amides is 2. The summed E-state index contributed by atoms with van der Waals surface area (Å²) in [5, 5.41) is 2.86. The van der Waals surface area contributed by atoms with Gasteiger partial charge in [-0.2, -0.15) is 0 Å². The molecule has 0 aliphatic carbocycles. The molecule has 114 valence electrons. The normalized spacial score (nSPS) is 15.8. The highest BCUT2D eigenvalue weighted by Crippen LogP contribution is 2.28. The fourth-order valence-corrected chi connectivity index (χ4v) is 2.68. The maximum absolute atomic E-state index is 11.5. The number of rotatable bonds is 4. The number of nitrogens with one attached hydrogen (secondary N) is 1. The van der Waals surface area contributed by atoms with Crippen LogP contribution in [0.1, 0.15) is 30.1 Å². The molecule has 1 aliphatic heterocycles. The summed E-state index contributed by atoms with van der Waals surface area (Å²) in [7, 11) is 0. The van der Waals surface area contributed by atoms with Gasteiger partial charge in [0.05, 0.1) is 11.3 Å². The lowest BCUT2D eigenvalue weighted by molar-refractivity contribution is -0.119. The summed E-state index contributed by atoms with van der Waals surface area (Å²) in [6.45, 7) is 3.89. The van der Waals surface area contributed by atoms with E-state index in [0.717, 1.165) is 31.6 Å². The number of anilines is 2. The minimum atomic E-state index is -0.439. The first-order valence-electron chi connectivity index (χ1n) is 7.16. The van der Waals surface area contributed by atoms with E-state index in [1.165, 1.54) is 6.92 Å². The largest absolute Gasteiger partial charge is 0.399 e. The van der Waals surface area contributed by atoms with Gasteiger partial charge in [0.25, 0.3) is 5.91 Å². The van der Waals surface area contributed by atoms with Crippen LogP contribution in [0.3, 0.4) is 0 Å². The van der Waals surface area contributed by atoms with Gasteiger partial charge in [0.2, 0.25) is 5.91 Å². The second-order valence-electron chi connectivity index (χ2n) is 5.51. The molecule has 0 bridgehead atoms. The van der Waals surface area contributed by atoms with E-state index in [1.807, 2.05) is 0 Å². The molecule has 1 aromatic rings. The van der Waals surface area contributed by atoms with Crippen LogP contribution < -0.4 is 21.7 Å². The number of nitrogens with two attached hydrogens (primary N) is 2. The van der Waals surface area contributed by atoms with Gasteiger partial charge in [-0.25, -0.2) is 0 Å². The molecule has 0 aromatic heterocycles. The molecule has 0 atom stereocenters. The molecule has 1 fully saturated rings. The number of nitrogen functional groups attached to an aromatic ring is 1. The zero-order chi connectivity index (χ0) is 15.4. The van der Waals surface area contributed by atoms with Crippen molar-refractivity contribution in [2.24, 2.45) is 11.7 Å². The fourth-order valence-electron chi connectivity index (χ4n) is 2.68. The Morgan fingerprint density at radius 1 is 1.33 bits per heavy atom. The molecule has 2 amide bonds. The molecule has 6 heteroatoms. The molecule has 1 saturated heterocycles. The predicted octanol–water partition coefficient (Wildman–Crippen LogP) is 0.720. The highest BCUT2D eigenvalue weighted by Gasteiger charge is 2.22. The van der Waals surface area contributed by atoms with Crippen molar-refractivity contribution >= 4 is 23.2 Å². The minimum Gasteiger partial charge on any atom is -0.399 e. The van der Waals surface area contributed by atoms with Gasteiger partial charge in [0.1, 0.15) is 0 Å². The molecule has 0 radical (unpaired) electrons. The lowest BCUT2D eigenvalue weighted by Crippen LogP contribution is -2.39. The summed E-state index contributed by atoms with van der Waals surface area (Å²) in [5.41, 5.74) is 13.2. The van der Waals surface area contributed by atoms with Crippen molar-refractivity contribution in [3.8, 4) is 0 Å². The Morgan fingerprint density at radius 3 is 2.57 bits per heavy atom. The summed E-state index contributed by atoms with van der Waals surface area (Å²) in [6, 6.07) is 5.16. The lowest BCUT2D eigenvalue weighted by Gasteiger charge is -2.34. The number of carbonyl (C=O) groups is 2. The van der Waals surface area contributed by atoms with Crippen LogP contribution in [-0.2, 0) is 4.79 Å². The average molecular weight is 290 g/mol. The molecule has 1 heterocycles. The molecule has 2 rings (SSSR count). The van der Waals surface area contributed by atoms with E-state index in [1.54, 1.807) is 18.2 Å². The van der Waals surface area contributed by atoms with E-state index in [0.29, 0.717) is 23.7 Å². The van der Waals surface area contributed by atoms with Crippen molar-refractivity contribution in [2.45, 2.75) is 19.8 Å². The van der Waals surface area contributed by atoms with Crippen LogP contribution in [0.5, 0.6) is 0 Å². The molecule has 1 aliphatic rings. The average Bonchev–Trinajstić information content (AvgIpc) is 2.45. The van der Waals surface area contributed by atoms with Crippen LogP contribution in [-0.4, -0.2) is 31.4 Å². The molecule has 21 heavy (non-hydrogen) atoms. The van der Waals surface area contributed by atoms with Crippen molar-refractivity contribution in [3.05, 3.63) is 23.8 Å². The van der Waals surface area contributed by atoms with Crippen LogP contribution in [0.2, 0.25) is 0 Å². The number of hydrogen-bond donors (Lipinski definition) is 3. The highest BCUT2D eigenvalue weighted by molar-refractivity contribution is 5.99. The topological polar surface area (TPSA) is 101 Å². The van der Waals surface area contributed by atoms with E-state index in [9.17, 15) is 9.59 Å². The number of carbonyl (C=O) groups excluding carboxylic acids is 2. The Morgan fingerprint density at radius 2 is 2.00 bits per heavy atom. The van der Waals surface area contributed by atoms with Gasteiger partial charge in [-0.05, 0) is 37.0 Å². The Labute approximate surface area is 124 Å². The van der Waals surface area contributed by atoms with Gasteiger partial charge in [-0.3, -0.25) is 9.59 Å². The Bertz CT molecular complexity index is 536. The first-order valence-corrected chi connectivity index (χ1v) is 7.16. The number of hydrogen-bond acceptors (Lipinski definition) is 4. The summed E-state index contributed by atoms with van der Waals surface area (Å²) >= 11 is 0. The zero-order valence-electron chi connectivity index (χ0n) is 12.3. The number of benzene rings is 1. The van der Waals surface area contributed by atoms with Crippen LogP contribution >= 0.6 is 0 Å². The smallest absolute Gasteiger partial charge is 0.250 e. The second-order valence-corrected chi connectivity index (χ2v) is 5.51. The minimum absolute atomic E-state index is 0.00396. The highest BCUT2D eigenvalue weighted by atomic mass is 16.1. The van der Waals surface area contributed by atoms with Gasteiger partial charge in [0.15, 0.2) is 0 Å². The van der Waals surface area contributed by atoms with Gasteiger partial charge in [-0.1, -0.05) is 0 Å². The second kappa shape index (κ2) is 6.47. The monoisotopic (exact) mass is 290 g/mol. The Kier molecular flexibility index (Phi) is 4.67. The van der Waals surface area contributed by atoms with E-state index in [4.69, 9.17) is 11.5 Å². The molecule has 1 aromatic carbocycles. The standard InChI is InChI=1S/C15H22N4O2/c1-10(20)18-9-11-4-6-19(7-5-11)14-8-12(16)2-3-13(14)15(17)21/h2-3,8,11H,4-7,9,16H2,1H3,(H2,17,21)(H,18,20). The summed E-state index contributed by atoms with van der Waals surface area (Å²) in [4.78, 5) is 24.6. The van der Waals surface area contributed by atoms with Crippen molar-refractivity contribution in [1.29, 1.82) is 0 Å². The molecular weight excluding hydrogens is 268 g/mol. The van der Waals surface area contributed by atoms with Gasteiger partial charge < -0.3 is 21.7 Å². The van der Waals surface area contributed by atoms with E-state index < -0.39 is 5.91 Å². The van der Waals surface area contributed by atoms with Crippen molar-refractivity contribution in [3.63, 3.8) is 0 Å². The van der Waals surface area contributed by atoms with Crippen LogP contribution in [0.4, 0.5) is 11.4 Å². The van der Waals surface area contributed by atoms with E-state index >= 15 is 0 Å². The predicted molar refractivity (Wildman–Crippen MR) is 83.0 cm³/mol. The van der Waals surface area contributed by atoms with Crippen molar-refractivity contribution < 1.29 is 9.59 Å². The van der Waals surface area contributed by atoms with E-state index in [2.05, 4.69) is 10.2 Å². The maximum atomic E-state index is 11.5. The Balaban J connectivity index is 2.03. The molecule has 6 nitrogen and oxygen atoms in total. The maximum Gasteiger partial charge on any atom is 0.250 e. The number of primary amides is 1. The van der Waals surface area contributed by atoms with E-state index in [-0.39, 0.29) is 5.91 Å². The van der Waals surface area contributed by atoms with Crippen molar-refractivity contribution in [1.82, 2.24) is 5.32 Å². The van der Waals surface area contributed by atoms with Crippen LogP contribution in [0, 0.1) is 5.92 Å². The van der Waals surface area contributed by atoms with Crippen LogP contribution in [0.15, 0.2) is 18.2 Å². The molecule has 0 spiro atoms. The number of nitrogens with zero attached hydrogens (tertiary/aromatic N) is 1. The summed E-state index contributed by atoms with van der Waals surface area (Å²) in [5.74, 6) is 0.0397. The van der Waals surface area contributed by atoms with Gasteiger partial charge in [0, 0.05) is 32.2 Å². The first kappa shape index (κ1) is 15.2. The molecule has 0 unspecified atom stereocenters. The van der Waals surface area contributed by atoms with Gasteiger partial charge >= 0.3 is 0 Å². The number of piperidine rings is 1. The van der Waals surface area contributed by atoms with Crippen molar-refractivity contribution in [2.75, 3.05) is 30.3 Å². The van der Waals surface area contributed by atoms with Gasteiger partial charge in [-0.15, -0.1) is 0 Å². The van der Waals surface area contributed by atoms with Crippen LogP contribution in [0.25, 0.3) is 0 Å². The molecular formula is C15H22N4O2. The lowest BCUT2D eigenvalue weighted by atomic mass is 9.95. The third-order valence-corrected chi connectivity index (χ3v) is 3.88. The summed E-state index contributed by atoms with van der Waals surface area (Å²) in [6.07, 6.45) is 1.93. The molecule has 5 N–H and O–H groups in total. The zero-order valence-corrected chi connectivity index (χ0v) is 12.3. The SMILES string of the molecule is CC(=O)NCC1CCN(c2cc(N)ccc2C(N)=O)CC1. The third-order valence-electron chi connectivity index (χ3n) is 3.88. The first-order chi connectivity index (χ1) is 9.97. The fraction of sp³-hybridized carbons (Fsp3) is 0.467. The Hall–Kier alpha value is -2.24. The third kappa shape index (κ3) is 3.87. The summed E-state index contributed by atoms with van der Waals surface area (Å²) < 4.78 is 0. The molecule has 0 saturated carbocycles.